The van der Waals surface area contributed by atoms with E-state index in [9.17, 15) is 22.4 Å². The summed E-state index contributed by atoms with van der Waals surface area (Å²) >= 11 is 6.37. The van der Waals surface area contributed by atoms with Crippen molar-refractivity contribution < 1.29 is 22.4 Å². The van der Waals surface area contributed by atoms with Gasteiger partial charge in [0.2, 0.25) is 11.8 Å². The molecule has 0 heterocycles. The minimum absolute atomic E-state index is 0.0154. The first kappa shape index (κ1) is 32.1. The highest BCUT2D eigenvalue weighted by atomic mass is 35.5. The van der Waals surface area contributed by atoms with E-state index >= 15 is 0 Å². The number of benzene rings is 3. The molecule has 0 radical (unpaired) electrons. The van der Waals surface area contributed by atoms with Crippen LogP contribution in [0.15, 0.2) is 71.6 Å². The van der Waals surface area contributed by atoms with Gasteiger partial charge in [-0.15, -0.1) is 0 Å². The topological polar surface area (TPSA) is 86.8 Å². The third-order valence-corrected chi connectivity index (χ3v) is 9.23. The number of anilines is 1. The van der Waals surface area contributed by atoms with Crippen LogP contribution in [0.1, 0.15) is 50.3 Å². The molecule has 0 bridgehead atoms. The fourth-order valence-corrected chi connectivity index (χ4v) is 6.01. The van der Waals surface area contributed by atoms with Crippen molar-refractivity contribution in [3.63, 3.8) is 0 Å². The van der Waals surface area contributed by atoms with Crippen molar-refractivity contribution >= 4 is 39.1 Å². The molecule has 1 N–H and O–H groups in total. The molecule has 0 aliphatic carbocycles. The predicted molar refractivity (Wildman–Crippen MR) is 161 cm³/mol. The van der Waals surface area contributed by atoms with Crippen LogP contribution in [0, 0.1) is 19.7 Å². The molecule has 0 spiro atoms. The van der Waals surface area contributed by atoms with Gasteiger partial charge >= 0.3 is 0 Å². The molecule has 220 valence electrons. The van der Waals surface area contributed by atoms with Crippen LogP contribution in [0.3, 0.4) is 0 Å². The predicted octanol–water partition coefficient (Wildman–Crippen LogP) is 6.01. The number of amides is 2. The normalized spacial score (nSPS) is 12.9. The van der Waals surface area contributed by atoms with Gasteiger partial charge in [-0.3, -0.25) is 13.9 Å². The largest absolute Gasteiger partial charge is 0.352 e. The van der Waals surface area contributed by atoms with E-state index in [0.29, 0.717) is 22.6 Å². The summed E-state index contributed by atoms with van der Waals surface area (Å²) in [5, 5.41) is 3.28. The van der Waals surface area contributed by atoms with Crippen LogP contribution in [-0.4, -0.2) is 43.8 Å². The van der Waals surface area contributed by atoms with Crippen LogP contribution in [-0.2, 0) is 26.2 Å². The number of halogens is 2. The quantitative estimate of drug-likeness (QED) is 0.275. The number of sulfonamides is 1. The van der Waals surface area contributed by atoms with Gasteiger partial charge in [-0.25, -0.2) is 12.8 Å². The van der Waals surface area contributed by atoms with Gasteiger partial charge in [0.15, 0.2) is 0 Å². The lowest BCUT2D eigenvalue weighted by Crippen LogP contribution is -2.53. The lowest BCUT2D eigenvalue weighted by atomic mass is 10.1. The number of rotatable bonds is 12. The molecule has 0 saturated heterocycles. The van der Waals surface area contributed by atoms with Crippen molar-refractivity contribution in [2.45, 2.75) is 71.0 Å². The average molecular weight is 602 g/mol. The van der Waals surface area contributed by atoms with Gasteiger partial charge < -0.3 is 10.2 Å². The molecule has 2 unspecified atom stereocenters. The van der Waals surface area contributed by atoms with Crippen molar-refractivity contribution in [2.75, 3.05) is 10.8 Å². The molecular formula is C31H37ClFN3O4S. The van der Waals surface area contributed by atoms with Crippen molar-refractivity contribution in [1.29, 1.82) is 0 Å². The first-order valence-corrected chi connectivity index (χ1v) is 15.4. The van der Waals surface area contributed by atoms with E-state index in [1.54, 1.807) is 44.2 Å². The van der Waals surface area contributed by atoms with E-state index in [-0.39, 0.29) is 35.5 Å². The Hall–Kier alpha value is -3.43. The molecule has 7 nitrogen and oxygen atoms in total. The zero-order valence-corrected chi connectivity index (χ0v) is 25.6. The molecule has 0 fully saturated rings. The fraction of sp³-hybridized carbons (Fsp3) is 0.355. The van der Waals surface area contributed by atoms with Crippen LogP contribution < -0.4 is 9.62 Å². The summed E-state index contributed by atoms with van der Waals surface area (Å²) < 4.78 is 42.7. The van der Waals surface area contributed by atoms with Crippen LogP contribution in [0.25, 0.3) is 0 Å². The van der Waals surface area contributed by atoms with E-state index in [2.05, 4.69) is 5.32 Å². The van der Waals surface area contributed by atoms with Crippen molar-refractivity contribution in [3.8, 4) is 0 Å². The molecule has 0 aliphatic rings. The van der Waals surface area contributed by atoms with E-state index in [0.717, 1.165) is 9.87 Å². The Labute approximate surface area is 247 Å². The van der Waals surface area contributed by atoms with E-state index in [4.69, 9.17) is 11.6 Å². The first-order chi connectivity index (χ1) is 19.4. The van der Waals surface area contributed by atoms with E-state index in [1.165, 1.54) is 41.3 Å². The monoisotopic (exact) mass is 601 g/mol. The molecule has 3 aromatic carbocycles. The molecule has 0 aromatic heterocycles. The lowest BCUT2D eigenvalue weighted by molar-refractivity contribution is -0.140. The SMILES string of the molecule is CCC(C)NC(=O)C(CC)N(Cc1ccc(F)cc1)C(=O)CN(c1cccc(Cl)c1C)S(=O)(=O)c1ccc(C)cc1. The molecule has 41 heavy (non-hydrogen) atoms. The number of carbonyl (C=O) groups is 2. The Morgan fingerprint density at radius 3 is 2.17 bits per heavy atom. The Kier molecular flexibility index (Phi) is 10.9. The zero-order chi connectivity index (χ0) is 30.3. The average Bonchev–Trinajstić information content (AvgIpc) is 2.94. The van der Waals surface area contributed by atoms with Crippen molar-refractivity contribution in [3.05, 3.63) is 94.3 Å². The second-order valence-corrected chi connectivity index (χ2v) is 12.4. The molecule has 0 saturated carbocycles. The summed E-state index contributed by atoms with van der Waals surface area (Å²) in [6.07, 6.45) is 0.987. The highest BCUT2D eigenvalue weighted by Gasteiger charge is 2.34. The standard InChI is InChI=1S/C31H37ClFN3O4S/c1-6-22(4)34-31(38)28(7-2)35(19-24-13-15-25(33)16-14-24)30(37)20-36(29-10-8-9-27(32)23(29)5)41(39,40)26-17-11-21(3)12-18-26/h8-18,22,28H,6-7,19-20H2,1-5H3,(H,34,38). The van der Waals surface area contributed by atoms with Gasteiger partial charge in [0.05, 0.1) is 10.6 Å². The molecule has 2 atom stereocenters. The number of carbonyl (C=O) groups excluding carboxylic acids is 2. The fourth-order valence-electron chi connectivity index (χ4n) is 4.36. The maximum absolute atomic E-state index is 14.1. The smallest absolute Gasteiger partial charge is 0.264 e. The molecule has 3 rings (SSSR count). The van der Waals surface area contributed by atoms with Gasteiger partial charge in [-0.05, 0) is 81.1 Å². The summed E-state index contributed by atoms with van der Waals surface area (Å²) in [6, 6.07) is 15.9. The van der Waals surface area contributed by atoms with Gasteiger partial charge in [0.25, 0.3) is 10.0 Å². The van der Waals surface area contributed by atoms with Crippen LogP contribution in [0.4, 0.5) is 10.1 Å². The maximum Gasteiger partial charge on any atom is 0.264 e. The molecule has 10 heteroatoms. The highest BCUT2D eigenvalue weighted by Crippen LogP contribution is 2.31. The van der Waals surface area contributed by atoms with Crippen LogP contribution in [0.2, 0.25) is 5.02 Å². The number of nitrogens with one attached hydrogen (secondary N) is 1. The van der Waals surface area contributed by atoms with Crippen LogP contribution in [0.5, 0.6) is 0 Å². The Balaban J connectivity index is 2.10. The van der Waals surface area contributed by atoms with Crippen LogP contribution >= 0.6 is 11.6 Å². The Morgan fingerprint density at radius 1 is 0.951 bits per heavy atom. The van der Waals surface area contributed by atoms with E-state index in [1.807, 2.05) is 20.8 Å². The zero-order valence-electron chi connectivity index (χ0n) is 24.0. The van der Waals surface area contributed by atoms with Crippen molar-refractivity contribution in [1.82, 2.24) is 10.2 Å². The molecule has 0 aliphatic heterocycles. The Morgan fingerprint density at radius 2 is 1.59 bits per heavy atom. The van der Waals surface area contributed by atoms with Gasteiger partial charge in [0, 0.05) is 17.6 Å². The van der Waals surface area contributed by atoms with Gasteiger partial charge in [-0.1, -0.05) is 61.3 Å². The van der Waals surface area contributed by atoms with E-state index < -0.39 is 34.3 Å². The number of hydrogen-bond donors (Lipinski definition) is 1. The summed E-state index contributed by atoms with van der Waals surface area (Å²) in [5.41, 5.74) is 2.23. The number of aryl methyl sites for hydroxylation is 1. The third-order valence-electron chi connectivity index (χ3n) is 7.05. The summed E-state index contributed by atoms with van der Waals surface area (Å²) in [6.45, 7) is 8.53. The Bertz CT molecular complexity index is 1460. The second-order valence-electron chi connectivity index (χ2n) is 10.1. The highest BCUT2D eigenvalue weighted by molar-refractivity contribution is 7.92. The minimum atomic E-state index is -4.22. The van der Waals surface area contributed by atoms with Gasteiger partial charge in [-0.2, -0.15) is 0 Å². The summed E-state index contributed by atoms with van der Waals surface area (Å²) in [7, 11) is -4.22. The molecular weight excluding hydrogens is 565 g/mol. The second kappa shape index (κ2) is 14.0. The summed E-state index contributed by atoms with van der Waals surface area (Å²) in [5.74, 6) is -1.36. The van der Waals surface area contributed by atoms with Crippen molar-refractivity contribution in [2.24, 2.45) is 0 Å². The molecule has 2 amide bonds. The molecule has 3 aromatic rings. The summed E-state index contributed by atoms with van der Waals surface area (Å²) in [4.78, 5) is 28.8. The lowest BCUT2D eigenvalue weighted by Gasteiger charge is -2.34. The number of hydrogen-bond acceptors (Lipinski definition) is 4. The first-order valence-electron chi connectivity index (χ1n) is 13.6. The van der Waals surface area contributed by atoms with Gasteiger partial charge in [0.1, 0.15) is 18.4 Å². The number of nitrogens with zero attached hydrogens (tertiary/aromatic N) is 2. The maximum atomic E-state index is 14.1. The third kappa shape index (κ3) is 7.86. The minimum Gasteiger partial charge on any atom is -0.352 e.